The molecule has 2 aromatic carbocycles. The van der Waals surface area contributed by atoms with Crippen molar-refractivity contribution in [2.75, 3.05) is 18.9 Å². The molecule has 0 aliphatic heterocycles. The molecule has 0 aliphatic carbocycles. The van der Waals surface area contributed by atoms with Crippen LogP contribution in [0.4, 0.5) is 18.9 Å². The Bertz CT molecular complexity index is 704. The molecule has 0 atom stereocenters. The fraction of sp³-hybridized carbons (Fsp3) is 0.188. The Morgan fingerprint density at radius 2 is 1.87 bits per heavy atom. The Morgan fingerprint density at radius 3 is 2.52 bits per heavy atom. The fourth-order valence-electron chi connectivity index (χ4n) is 2.03. The predicted molar refractivity (Wildman–Crippen MR) is 82.7 cm³/mol. The first-order chi connectivity index (χ1) is 10.9. The molecule has 0 heterocycles. The third kappa shape index (κ3) is 4.71. The van der Waals surface area contributed by atoms with Crippen LogP contribution in [-0.2, 0) is 11.3 Å². The molecule has 0 aliphatic rings. The molecule has 122 valence electrons. The Labute approximate surface area is 136 Å². The minimum absolute atomic E-state index is 0.0658. The third-order valence-corrected chi connectivity index (χ3v) is 3.46. The van der Waals surface area contributed by atoms with Crippen LogP contribution in [0.2, 0.25) is 5.02 Å². The molecule has 23 heavy (non-hydrogen) atoms. The van der Waals surface area contributed by atoms with Crippen LogP contribution in [0.5, 0.6) is 0 Å². The summed E-state index contributed by atoms with van der Waals surface area (Å²) in [6.07, 6.45) is 0. The first-order valence-electron chi connectivity index (χ1n) is 6.73. The smallest absolute Gasteiger partial charge is 0.238 e. The molecule has 0 fully saturated rings. The molecule has 0 bridgehead atoms. The maximum Gasteiger partial charge on any atom is 0.238 e. The summed E-state index contributed by atoms with van der Waals surface area (Å²) in [5.74, 6) is -2.93. The molecule has 0 saturated heterocycles. The topological polar surface area (TPSA) is 32.3 Å². The van der Waals surface area contributed by atoms with Crippen LogP contribution in [0.1, 0.15) is 5.56 Å². The normalized spacial score (nSPS) is 10.9. The first kappa shape index (κ1) is 17.3. The molecule has 0 radical (unpaired) electrons. The van der Waals surface area contributed by atoms with E-state index in [0.29, 0.717) is 0 Å². The van der Waals surface area contributed by atoms with Crippen molar-refractivity contribution in [3.05, 3.63) is 64.4 Å². The van der Waals surface area contributed by atoms with Gasteiger partial charge in [0, 0.05) is 28.9 Å². The SMILES string of the molecule is CN(CC(=O)Nc1ccc(F)c(F)c1)Cc1c(F)cccc1Cl. The van der Waals surface area contributed by atoms with Crippen LogP contribution in [0, 0.1) is 17.5 Å². The molecule has 0 unspecified atom stereocenters. The maximum absolute atomic E-state index is 13.7. The van der Waals surface area contributed by atoms with E-state index >= 15 is 0 Å². The quantitative estimate of drug-likeness (QED) is 0.895. The van der Waals surface area contributed by atoms with Crippen LogP contribution in [-0.4, -0.2) is 24.4 Å². The largest absolute Gasteiger partial charge is 0.325 e. The van der Waals surface area contributed by atoms with Crippen molar-refractivity contribution in [2.45, 2.75) is 6.54 Å². The fourth-order valence-corrected chi connectivity index (χ4v) is 2.25. The lowest BCUT2D eigenvalue weighted by atomic mass is 10.2. The van der Waals surface area contributed by atoms with Crippen LogP contribution in [0.3, 0.4) is 0 Å². The molecular weight excluding hydrogens is 329 g/mol. The number of nitrogens with zero attached hydrogens (tertiary/aromatic N) is 1. The number of anilines is 1. The Kier molecular flexibility index (Phi) is 5.63. The van der Waals surface area contributed by atoms with Gasteiger partial charge in [-0.3, -0.25) is 9.69 Å². The highest BCUT2D eigenvalue weighted by Crippen LogP contribution is 2.20. The molecule has 7 heteroatoms. The van der Waals surface area contributed by atoms with E-state index < -0.39 is 23.4 Å². The van der Waals surface area contributed by atoms with Crippen molar-refractivity contribution < 1.29 is 18.0 Å². The Morgan fingerprint density at radius 1 is 1.13 bits per heavy atom. The average Bonchev–Trinajstić information content (AvgIpc) is 2.47. The van der Waals surface area contributed by atoms with Gasteiger partial charge in [0.25, 0.3) is 0 Å². The highest BCUT2D eigenvalue weighted by molar-refractivity contribution is 6.31. The second-order valence-corrected chi connectivity index (χ2v) is 5.46. The number of benzene rings is 2. The second-order valence-electron chi connectivity index (χ2n) is 5.05. The van der Waals surface area contributed by atoms with Gasteiger partial charge in [-0.2, -0.15) is 0 Å². The molecule has 0 spiro atoms. The van der Waals surface area contributed by atoms with Gasteiger partial charge in [-0.05, 0) is 31.3 Å². The van der Waals surface area contributed by atoms with Crippen molar-refractivity contribution in [2.24, 2.45) is 0 Å². The summed E-state index contributed by atoms with van der Waals surface area (Å²) in [5, 5.41) is 2.72. The van der Waals surface area contributed by atoms with Crippen LogP contribution >= 0.6 is 11.6 Å². The van der Waals surface area contributed by atoms with Crippen molar-refractivity contribution in [1.29, 1.82) is 0 Å². The van der Waals surface area contributed by atoms with E-state index in [1.165, 1.54) is 18.2 Å². The molecule has 1 amide bonds. The third-order valence-electron chi connectivity index (χ3n) is 3.11. The number of amides is 1. The van der Waals surface area contributed by atoms with Gasteiger partial charge in [-0.25, -0.2) is 13.2 Å². The maximum atomic E-state index is 13.7. The van der Waals surface area contributed by atoms with Crippen molar-refractivity contribution in [3.8, 4) is 0 Å². The van der Waals surface area contributed by atoms with Gasteiger partial charge >= 0.3 is 0 Å². The van der Waals surface area contributed by atoms with E-state index in [1.54, 1.807) is 18.0 Å². The van der Waals surface area contributed by atoms with E-state index in [-0.39, 0.29) is 29.4 Å². The van der Waals surface area contributed by atoms with E-state index in [9.17, 15) is 18.0 Å². The summed E-state index contributed by atoms with van der Waals surface area (Å²) in [4.78, 5) is 13.4. The zero-order valence-electron chi connectivity index (χ0n) is 12.2. The van der Waals surface area contributed by atoms with Gasteiger partial charge in [-0.15, -0.1) is 0 Å². The highest BCUT2D eigenvalue weighted by atomic mass is 35.5. The van der Waals surface area contributed by atoms with Gasteiger partial charge in [-0.1, -0.05) is 17.7 Å². The molecular formula is C16H14ClF3N2O. The van der Waals surface area contributed by atoms with E-state index in [2.05, 4.69) is 5.32 Å². The van der Waals surface area contributed by atoms with Crippen LogP contribution in [0.15, 0.2) is 36.4 Å². The highest BCUT2D eigenvalue weighted by Gasteiger charge is 2.13. The minimum atomic E-state index is -1.05. The number of hydrogen-bond donors (Lipinski definition) is 1. The van der Waals surface area contributed by atoms with Gasteiger partial charge in [0.1, 0.15) is 5.82 Å². The first-order valence-corrected chi connectivity index (χ1v) is 7.11. The lowest BCUT2D eigenvalue weighted by molar-refractivity contribution is -0.117. The molecule has 0 aromatic heterocycles. The molecule has 2 aromatic rings. The number of halogens is 4. The summed E-state index contributed by atoms with van der Waals surface area (Å²) in [5.41, 5.74) is 0.434. The number of carbonyl (C=O) groups is 1. The van der Waals surface area contributed by atoms with Gasteiger partial charge in [0.15, 0.2) is 11.6 Å². The van der Waals surface area contributed by atoms with E-state index in [1.807, 2.05) is 0 Å². The summed E-state index contributed by atoms with van der Waals surface area (Å²) in [7, 11) is 1.62. The van der Waals surface area contributed by atoms with E-state index in [0.717, 1.165) is 12.1 Å². The molecule has 0 saturated carbocycles. The molecule has 1 N–H and O–H groups in total. The summed E-state index contributed by atoms with van der Waals surface area (Å²) in [6.45, 7) is 0.0698. The summed E-state index contributed by atoms with van der Waals surface area (Å²) < 4.78 is 39.6. The van der Waals surface area contributed by atoms with E-state index in [4.69, 9.17) is 11.6 Å². The predicted octanol–water partition coefficient (Wildman–Crippen LogP) is 3.83. The average molecular weight is 343 g/mol. The number of hydrogen-bond acceptors (Lipinski definition) is 2. The lowest BCUT2D eigenvalue weighted by Crippen LogP contribution is -2.30. The van der Waals surface area contributed by atoms with Gasteiger partial charge in [0.2, 0.25) is 5.91 Å². The Balaban J connectivity index is 1.95. The zero-order chi connectivity index (χ0) is 17.0. The van der Waals surface area contributed by atoms with Gasteiger partial charge in [0.05, 0.1) is 6.54 Å². The van der Waals surface area contributed by atoms with Crippen molar-refractivity contribution >= 4 is 23.2 Å². The molecule has 2 rings (SSSR count). The van der Waals surface area contributed by atoms with Crippen LogP contribution in [0.25, 0.3) is 0 Å². The number of likely N-dealkylation sites (N-methyl/N-ethyl adjacent to an activating group) is 1. The number of nitrogens with one attached hydrogen (secondary N) is 1. The van der Waals surface area contributed by atoms with Crippen molar-refractivity contribution in [1.82, 2.24) is 4.90 Å². The lowest BCUT2D eigenvalue weighted by Gasteiger charge is -2.17. The van der Waals surface area contributed by atoms with Crippen molar-refractivity contribution in [3.63, 3.8) is 0 Å². The molecule has 3 nitrogen and oxygen atoms in total. The number of rotatable bonds is 5. The standard InChI is InChI=1S/C16H14ClF3N2O/c1-22(8-11-12(17)3-2-4-13(11)18)9-16(23)21-10-5-6-14(19)15(20)7-10/h2-7H,8-9H2,1H3,(H,21,23). The number of carbonyl (C=O) groups excluding carboxylic acids is 1. The van der Waals surface area contributed by atoms with Crippen LogP contribution < -0.4 is 5.32 Å². The monoisotopic (exact) mass is 342 g/mol. The zero-order valence-corrected chi connectivity index (χ0v) is 13.0. The summed E-state index contributed by atoms with van der Waals surface area (Å²) >= 11 is 5.93. The second kappa shape index (κ2) is 7.48. The minimum Gasteiger partial charge on any atom is -0.325 e. The summed E-state index contributed by atoms with van der Waals surface area (Å²) in [6, 6.07) is 7.42. The Hall–Kier alpha value is -2.05. The van der Waals surface area contributed by atoms with Gasteiger partial charge < -0.3 is 5.32 Å².